The summed E-state index contributed by atoms with van der Waals surface area (Å²) in [5.41, 5.74) is 0. The van der Waals surface area contributed by atoms with Crippen molar-refractivity contribution in [3.63, 3.8) is 0 Å². The van der Waals surface area contributed by atoms with Crippen molar-refractivity contribution in [1.82, 2.24) is 0 Å². The smallest absolute Gasteiger partial charge is 0.157 e. The van der Waals surface area contributed by atoms with E-state index in [9.17, 15) is 4.79 Å². The highest BCUT2D eigenvalue weighted by Crippen LogP contribution is 1.98. The maximum atomic E-state index is 11.0. The number of rotatable bonds is 4. The molecule has 0 fully saturated rings. The summed E-state index contributed by atoms with van der Waals surface area (Å²) < 4.78 is 0. The summed E-state index contributed by atoms with van der Waals surface area (Å²) in [6.07, 6.45) is 3.18. The van der Waals surface area contributed by atoms with Gasteiger partial charge in [0.05, 0.1) is 6.10 Å². The summed E-state index contributed by atoms with van der Waals surface area (Å²) in [6.45, 7) is 5.55. The molecule has 0 bridgehead atoms. The molecule has 0 rings (SSSR count). The predicted octanol–water partition coefficient (Wildman–Crippen LogP) is 1.54. The Morgan fingerprint density at radius 3 is 2.45 bits per heavy atom. The fourth-order valence-corrected chi connectivity index (χ4v) is 0.534. The molecule has 0 aromatic heterocycles. The van der Waals surface area contributed by atoms with Crippen LogP contribution in [0.2, 0.25) is 0 Å². The van der Waals surface area contributed by atoms with Gasteiger partial charge in [-0.3, -0.25) is 4.79 Å². The average Bonchev–Trinajstić information content (AvgIpc) is 1.99. The molecule has 11 heavy (non-hydrogen) atoms. The first-order valence-electron chi connectivity index (χ1n) is 3.98. The summed E-state index contributed by atoms with van der Waals surface area (Å²) in [5.74, 6) is 0.0906. The molecule has 0 aliphatic heterocycles. The fraction of sp³-hybridized carbons (Fsp3) is 0.667. The van der Waals surface area contributed by atoms with Crippen molar-refractivity contribution >= 4 is 5.78 Å². The number of hydrogen-bond acceptors (Lipinski definition) is 2. The van der Waals surface area contributed by atoms with Crippen molar-refractivity contribution in [1.29, 1.82) is 0 Å². The zero-order chi connectivity index (χ0) is 8.85. The highest BCUT2D eigenvalue weighted by molar-refractivity contribution is 5.91. The lowest BCUT2D eigenvalue weighted by atomic mass is 10.1. The highest BCUT2D eigenvalue weighted by Gasteiger charge is 2.02. The monoisotopic (exact) mass is 156 g/mol. The van der Waals surface area contributed by atoms with Gasteiger partial charge in [-0.2, -0.15) is 0 Å². The Labute approximate surface area is 67.9 Å². The van der Waals surface area contributed by atoms with Crippen molar-refractivity contribution in [2.75, 3.05) is 0 Å². The molecule has 1 unspecified atom stereocenters. The molecule has 0 aliphatic rings. The van der Waals surface area contributed by atoms with Crippen molar-refractivity contribution in [2.45, 2.75) is 33.3 Å². The van der Waals surface area contributed by atoms with Gasteiger partial charge in [-0.05, 0) is 12.5 Å². The van der Waals surface area contributed by atoms with Gasteiger partial charge in [0, 0.05) is 5.92 Å². The number of hydrogen-bond donors (Lipinski definition) is 1. The minimum absolute atomic E-state index is 0.0234. The second-order valence-corrected chi connectivity index (χ2v) is 2.89. The van der Waals surface area contributed by atoms with Crippen LogP contribution in [0, 0.1) is 5.92 Å². The molecule has 0 aromatic carbocycles. The minimum atomic E-state index is -0.474. The van der Waals surface area contributed by atoms with Crippen LogP contribution in [0.5, 0.6) is 0 Å². The lowest BCUT2D eigenvalue weighted by Gasteiger charge is -2.00. The molecule has 2 heteroatoms. The molecule has 1 N–H and O–H groups in total. The van der Waals surface area contributed by atoms with E-state index in [1.54, 1.807) is 6.08 Å². The summed E-state index contributed by atoms with van der Waals surface area (Å²) in [6, 6.07) is 0. The van der Waals surface area contributed by atoms with Crippen molar-refractivity contribution in [2.24, 2.45) is 5.92 Å². The Morgan fingerprint density at radius 2 is 2.09 bits per heavy atom. The molecule has 0 saturated carbocycles. The van der Waals surface area contributed by atoms with E-state index in [0.717, 1.165) is 0 Å². The molecule has 64 valence electrons. The lowest BCUT2D eigenvalue weighted by Crippen LogP contribution is -2.05. The maximum absolute atomic E-state index is 11.0. The van der Waals surface area contributed by atoms with Gasteiger partial charge in [0.15, 0.2) is 5.78 Å². The Kier molecular flexibility index (Phi) is 4.79. The van der Waals surface area contributed by atoms with Crippen LogP contribution in [0.4, 0.5) is 0 Å². The van der Waals surface area contributed by atoms with Crippen LogP contribution in [0.25, 0.3) is 0 Å². The van der Waals surface area contributed by atoms with Gasteiger partial charge in [0.2, 0.25) is 0 Å². The number of carbonyl (C=O) groups excluding carboxylic acids is 1. The van der Waals surface area contributed by atoms with Crippen LogP contribution in [0.1, 0.15) is 27.2 Å². The number of aliphatic hydroxyl groups excluding tert-OH is 1. The Bertz CT molecular complexity index is 148. The van der Waals surface area contributed by atoms with Crippen LogP contribution < -0.4 is 0 Å². The van der Waals surface area contributed by atoms with Crippen LogP contribution in [-0.2, 0) is 4.79 Å². The first-order chi connectivity index (χ1) is 5.07. The molecule has 0 radical (unpaired) electrons. The highest BCUT2D eigenvalue weighted by atomic mass is 16.3. The van der Waals surface area contributed by atoms with Crippen molar-refractivity contribution < 1.29 is 9.90 Å². The van der Waals surface area contributed by atoms with Crippen LogP contribution in [0.15, 0.2) is 12.2 Å². The third-order valence-electron chi connectivity index (χ3n) is 1.47. The average molecular weight is 156 g/mol. The summed E-state index contributed by atoms with van der Waals surface area (Å²) >= 11 is 0. The van der Waals surface area contributed by atoms with E-state index in [4.69, 9.17) is 5.11 Å². The van der Waals surface area contributed by atoms with Gasteiger partial charge in [0.25, 0.3) is 0 Å². The van der Waals surface area contributed by atoms with Gasteiger partial charge >= 0.3 is 0 Å². The van der Waals surface area contributed by atoms with E-state index in [2.05, 4.69) is 0 Å². The van der Waals surface area contributed by atoms with E-state index in [1.807, 2.05) is 20.8 Å². The van der Waals surface area contributed by atoms with Gasteiger partial charge in [-0.1, -0.05) is 26.8 Å². The predicted molar refractivity (Wildman–Crippen MR) is 45.3 cm³/mol. The van der Waals surface area contributed by atoms with E-state index in [0.29, 0.717) is 6.42 Å². The van der Waals surface area contributed by atoms with Crippen LogP contribution >= 0.6 is 0 Å². The van der Waals surface area contributed by atoms with E-state index in [1.165, 1.54) is 6.08 Å². The molecular weight excluding hydrogens is 140 g/mol. The number of allylic oxidation sites excluding steroid dienone is 1. The maximum Gasteiger partial charge on any atom is 0.157 e. The van der Waals surface area contributed by atoms with Gasteiger partial charge < -0.3 is 5.11 Å². The summed E-state index contributed by atoms with van der Waals surface area (Å²) in [4.78, 5) is 11.0. The number of ketones is 1. The molecule has 1 atom stereocenters. The Morgan fingerprint density at radius 1 is 1.55 bits per heavy atom. The summed E-state index contributed by atoms with van der Waals surface area (Å²) in [5, 5.41) is 9.05. The zero-order valence-corrected chi connectivity index (χ0v) is 7.37. The second kappa shape index (κ2) is 5.08. The standard InChI is InChI=1S/C9H16O2/c1-4-8(10)5-6-9(11)7(2)3/h5-8,10H,4H2,1-3H3. The molecule has 0 amide bonds. The fourth-order valence-electron chi connectivity index (χ4n) is 0.534. The first-order valence-corrected chi connectivity index (χ1v) is 3.98. The number of aliphatic hydroxyl groups is 1. The van der Waals surface area contributed by atoms with Gasteiger partial charge in [-0.15, -0.1) is 0 Å². The SMILES string of the molecule is CCC(O)C=CC(=O)C(C)C. The molecule has 0 saturated heterocycles. The van der Waals surface area contributed by atoms with E-state index < -0.39 is 6.10 Å². The van der Waals surface area contributed by atoms with Gasteiger partial charge in [-0.25, -0.2) is 0 Å². The molecule has 2 nitrogen and oxygen atoms in total. The lowest BCUT2D eigenvalue weighted by molar-refractivity contribution is -0.117. The molecule has 0 aliphatic carbocycles. The van der Waals surface area contributed by atoms with Crippen molar-refractivity contribution in [3.8, 4) is 0 Å². The Hall–Kier alpha value is -0.630. The third-order valence-corrected chi connectivity index (χ3v) is 1.47. The quantitative estimate of drug-likeness (QED) is 0.627. The van der Waals surface area contributed by atoms with E-state index in [-0.39, 0.29) is 11.7 Å². The molecule has 0 spiro atoms. The van der Waals surface area contributed by atoms with Gasteiger partial charge in [0.1, 0.15) is 0 Å². The Balaban J connectivity index is 3.83. The minimum Gasteiger partial charge on any atom is -0.389 e. The van der Waals surface area contributed by atoms with Crippen molar-refractivity contribution in [3.05, 3.63) is 12.2 Å². The second-order valence-electron chi connectivity index (χ2n) is 2.89. The largest absolute Gasteiger partial charge is 0.389 e. The molecule has 0 heterocycles. The molecular formula is C9H16O2. The topological polar surface area (TPSA) is 37.3 Å². The first kappa shape index (κ1) is 10.4. The third kappa shape index (κ3) is 4.73. The normalized spacial score (nSPS) is 14.3. The van der Waals surface area contributed by atoms with Crippen LogP contribution in [-0.4, -0.2) is 17.0 Å². The van der Waals surface area contributed by atoms with Crippen LogP contribution in [0.3, 0.4) is 0 Å². The summed E-state index contributed by atoms with van der Waals surface area (Å²) in [7, 11) is 0. The van der Waals surface area contributed by atoms with E-state index >= 15 is 0 Å². The zero-order valence-electron chi connectivity index (χ0n) is 7.37. The number of carbonyl (C=O) groups is 1. The molecule has 0 aromatic rings.